The second-order valence-electron chi connectivity index (χ2n) is 5.46. The molecule has 112 valence electrons. The molecule has 0 saturated heterocycles. The van der Waals surface area contributed by atoms with Crippen molar-refractivity contribution in [3.05, 3.63) is 24.3 Å². The summed E-state index contributed by atoms with van der Waals surface area (Å²) < 4.78 is 11.6. The second-order valence-corrected chi connectivity index (χ2v) is 10.7. The second kappa shape index (κ2) is 7.80. The standard InChI is InChI=1S/C13H23BO5Si/c1-6-17-13(20(3,4)5)18-12-9-7-11(8-10-12)14(15)19-16-2/h7-10,13,15H,6H2,1-5H3. The highest BCUT2D eigenvalue weighted by Crippen LogP contribution is 2.18. The highest BCUT2D eigenvalue weighted by Gasteiger charge is 2.29. The fraction of sp³-hybridized carbons (Fsp3) is 0.538. The molecule has 0 bridgehead atoms. The van der Waals surface area contributed by atoms with Gasteiger partial charge in [-0.1, -0.05) is 31.8 Å². The molecule has 0 spiro atoms. The molecular formula is C13H23BO5Si. The van der Waals surface area contributed by atoms with E-state index in [1.807, 2.05) is 6.92 Å². The van der Waals surface area contributed by atoms with Gasteiger partial charge >= 0.3 is 7.12 Å². The van der Waals surface area contributed by atoms with E-state index >= 15 is 0 Å². The molecule has 0 saturated carbocycles. The molecule has 1 N–H and O–H groups in total. The van der Waals surface area contributed by atoms with Crippen LogP contribution in [-0.4, -0.2) is 39.8 Å². The lowest BCUT2D eigenvalue weighted by Crippen LogP contribution is -2.44. The van der Waals surface area contributed by atoms with Gasteiger partial charge in [0.25, 0.3) is 0 Å². The maximum Gasteiger partial charge on any atom is 0.522 e. The molecule has 0 aliphatic heterocycles. The minimum absolute atomic E-state index is 0.196. The first-order valence-corrected chi connectivity index (χ1v) is 10.2. The summed E-state index contributed by atoms with van der Waals surface area (Å²) in [5, 5.41) is 9.60. The van der Waals surface area contributed by atoms with E-state index < -0.39 is 15.2 Å². The first-order chi connectivity index (χ1) is 9.38. The third-order valence-electron chi connectivity index (χ3n) is 2.62. The molecule has 20 heavy (non-hydrogen) atoms. The SMILES string of the molecule is CCOC(Oc1ccc(B(O)OOC)cc1)[Si](C)(C)C. The Labute approximate surface area is 121 Å². The predicted octanol–water partition coefficient (Wildman–Crippen LogP) is 1.57. The zero-order chi connectivity index (χ0) is 15.2. The fourth-order valence-electron chi connectivity index (χ4n) is 1.59. The molecule has 0 aliphatic rings. The summed E-state index contributed by atoms with van der Waals surface area (Å²) in [5.41, 5.74) is 0.597. The number of rotatable bonds is 8. The van der Waals surface area contributed by atoms with Crippen molar-refractivity contribution >= 4 is 20.7 Å². The molecule has 1 atom stereocenters. The van der Waals surface area contributed by atoms with Crippen LogP contribution in [0.4, 0.5) is 0 Å². The summed E-state index contributed by atoms with van der Waals surface area (Å²) in [7, 11) is -1.33. The van der Waals surface area contributed by atoms with Gasteiger partial charge in [0.05, 0.1) is 7.11 Å². The summed E-state index contributed by atoms with van der Waals surface area (Å²) in [4.78, 5) is 9.07. The van der Waals surface area contributed by atoms with Gasteiger partial charge < -0.3 is 14.5 Å². The first-order valence-electron chi connectivity index (χ1n) is 6.64. The van der Waals surface area contributed by atoms with Crippen LogP contribution in [-0.2, 0) is 14.4 Å². The topological polar surface area (TPSA) is 57.2 Å². The molecule has 0 aliphatic carbocycles. The van der Waals surface area contributed by atoms with Crippen molar-refractivity contribution in [1.29, 1.82) is 0 Å². The summed E-state index contributed by atoms with van der Waals surface area (Å²) in [6.07, 6.45) is 0. The lowest BCUT2D eigenvalue weighted by Gasteiger charge is -2.29. The molecule has 1 unspecified atom stereocenters. The van der Waals surface area contributed by atoms with Gasteiger partial charge in [0.2, 0.25) is 0 Å². The van der Waals surface area contributed by atoms with Crippen LogP contribution >= 0.6 is 0 Å². The summed E-state index contributed by atoms with van der Waals surface area (Å²) in [6, 6.07) is 7.02. The van der Waals surface area contributed by atoms with Crippen LogP contribution in [0.1, 0.15) is 6.92 Å². The van der Waals surface area contributed by atoms with Crippen molar-refractivity contribution in [1.82, 2.24) is 0 Å². The summed E-state index contributed by atoms with van der Waals surface area (Å²) in [6.45, 7) is 9.15. The van der Waals surface area contributed by atoms with Crippen molar-refractivity contribution in [2.75, 3.05) is 13.7 Å². The van der Waals surface area contributed by atoms with Gasteiger partial charge in [0.1, 0.15) is 13.8 Å². The number of ether oxygens (including phenoxy) is 2. The molecule has 0 radical (unpaired) electrons. The zero-order valence-electron chi connectivity index (χ0n) is 12.8. The van der Waals surface area contributed by atoms with Crippen molar-refractivity contribution in [2.45, 2.75) is 32.5 Å². The van der Waals surface area contributed by atoms with Gasteiger partial charge in [0.15, 0.2) is 5.91 Å². The highest BCUT2D eigenvalue weighted by atomic mass is 28.3. The highest BCUT2D eigenvalue weighted by molar-refractivity contribution is 6.77. The Bertz CT molecular complexity index is 393. The Kier molecular flexibility index (Phi) is 6.71. The number of hydrogen-bond donors (Lipinski definition) is 1. The molecule has 0 aromatic heterocycles. The lowest BCUT2D eigenvalue weighted by molar-refractivity contribution is -0.193. The fourth-order valence-corrected chi connectivity index (χ4v) is 2.75. The normalized spacial score (nSPS) is 13.1. The quantitative estimate of drug-likeness (QED) is 0.342. The maximum atomic E-state index is 9.60. The van der Waals surface area contributed by atoms with E-state index in [1.54, 1.807) is 24.3 Å². The van der Waals surface area contributed by atoms with Gasteiger partial charge in [-0.05, 0) is 24.5 Å². The molecule has 1 aromatic carbocycles. The van der Waals surface area contributed by atoms with Gasteiger partial charge in [-0.25, -0.2) is 0 Å². The Balaban J connectivity index is 2.72. The van der Waals surface area contributed by atoms with Crippen LogP contribution in [0.5, 0.6) is 5.75 Å². The Morgan fingerprint density at radius 1 is 1.20 bits per heavy atom. The van der Waals surface area contributed by atoms with Crippen molar-refractivity contribution in [2.24, 2.45) is 0 Å². The van der Waals surface area contributed by atoms with Crippen molar-refractivity contribution in [3.8, 4) is 5.75 Å². The number of benzene rings is 1. The average molecular weight is 298 g/mol. The van der Waals surface area contributed by atoms with Crippen molar-refractivity contribution < 1.29 is 24.2 Å². The molecule has 0 heterocycles. The molecular weight excluding hydrogens is 275 g/mol. The molecule has 0 fully saturated rings. The Hall–Kier alpha value is -0.858. The monoisotopic (exact) mass is 298 g/mol. The third kappa shape index (κ3) is 5.26. The van der Waals surface area contributed by atoms with E-state index in [1.165, 1.54) is 7.11 Å². The average Bonchev–Trinajstić information content (AvgIpc) is 2.38. The van der Waals surface area contributed by atoms with Crippen LogP contribution < -0.4 is 10.2 Å². The van der Waals surface area contributed by atoms with Crippen molar-refractivity contribution in [3.63, 3.8) is 0 Å². The van der Waals surface area contributed by atoms with E-state index in [0.717, 1.165) is 0 Å². The van der Waals surface area contributed by atoms with E-state index in [0.29, 0.717) is 17.8 Å². The predicted molar refractivity (Wildman–Crippen MR) is 81.5 cm³/mol. The molecule has 1 rings (SSSR count). The number of hydrogen-bond acceptors (Lipinski definition) is 5. The van der Waals surface area contributed by atoms with Crippen LogP contribution in [0.25, 0.3) is 0 Å². The van der Waals surface area contributed by atoms with Gasteiger partial charge in [-0.3, -0.25) is 9.69 Å². The van der Waals surface area contributed by atoms with E-state index in [-0.39, 0.29) is 5.91 Å². The Morgan fingerprint density at radius 3 is 2.25 bits per heavy atom. The van der Waals surface area contributed by atoms with Gasteiger partial charge in [-0.2, -0.15) is 0 Å². The van der Waals surface area contributed by atoms with Crippen LogP contribution in [0.3, 0.4) is 0 Å². The van der Waals surface area contributed by atoms with E-state index in [9.17, 15) is 5.02 Å². The van der Waals surface area contributed by atoms with E-state index in [2.05, 4.69) is 29.3 Å². The lowest BCUT2D eigenvalue weighted by atomic mass is 9.80. The molecule has 5 nitrogen and oxygen atoms in total. The van der Waals surface area contributed by atoms with Crippen LogP contribution in [0.2, 0.25) is 19.6 Å². The van der Waals surface area contributed by atoms with Crippen LogP contribution in [0, 0.1) is 0 Å². The van der Waals surface area contributed by atoms with Crippen LogP contribution in [0.15, 0.2) is 24.3 Å². The summed E-state index contributed by atoms with van der Waals surface area (Å²) >= 11 is 0. The molecule has 7 heteroatoms. The van der Waals surface area contributed by atoms with Gasteiger partial charge in [0, 0.05) is 6.61 Å². The van der Waals surface area contributed by atoms with Gasteiger partial charge in [-0.15, -0.1) is 0 Å². The molecule has 0 amide bonds. The minimum Gasteiger partial charge on any atom is -0.469 e. The smallest absolute Gasteiger partial charge is 0.469 e. The first kappa shape index (κ1) is 17.2. The summed E-state index contributed by atoms with van der Waals surface area (Å²) in [5.74, 6) is 0.512. The third-order valence-corrected chi connectivity index (χ3v) is 4.32. The minimum atomic E-state index is -1.58. The van der Waals surface area contributed by atoms with E-state index in [4.69, 9.17) is 9.47 Å². The Morgan fingerprint density at radius 2 is 1.80 bits per heavy atom. The molecule has 1 aromatic rings. The largest absolute Gasteiger partial charge is 0.522 e. The zero-order valence-corrected chi connectivity index (χ0v) is 13.8. The maximum absolute atomic E-state index is 9.60.